The van der Waals surface area contributed by atoms with Gasteiger partial charge in [-0.1, -0.05) is 49.9 Å². The number of carbonyl (C=O) groups excluding carboxylic acids is 1. The molecule has 2 amide bonds. The normalized spacial score (nSPS) is 26.3. The molecule has 7 heteroatoms. The molecule has 0 bridgehead atoms. The van der Waals surface area contributed by atoms with Crippen molar-refractivity contribution < 1.29 is 4.79 Å². The molecule has 1 aromatic rings. The Morgan fingerprint density at radius 3 is 2.67 bits per heavy atom. The molecule has 3 aliphatic heterocycles. The van der Waals surface area contributed by atoms with Crippen LogP contribution < -0.4 is 10.6 Å². The minimum atomic E-state index is -0.206. The second-order valence-corrected chi connectivity index (χ2v) is 9.31. The molecule has 160 valence electrons. The monoisotopic (exact) mass is 427 g/mol. The number of aliphatic imine (C=N–C) groups is 1. The van der Waals surface area contributed by atoms with Gasteiger partial charge < -0.3 is 10.6 Å². The fraction of sp³-hybridized carbons (Fsp3) is 0.565. The number of benzene rings is 1. The van der Waals surface area contributed by atoms with E-state index in [1.54, 1.807) is 0 Å². The molecule has 2 fully saturated rings. The lowest BCUT2D eigenvalue weighted by molar-refractivity contribution is 0.146. The Balaban J connectivity index is 1.40. The van der Waals surface area contributed by atoms with Crippen LogP contribution in [-0.2, 0) is 6.42 Å². The summed E-state index contributed by atoms with van der Waals surface area (Å²) in [5.41, 5.74) is 2.28. The highest BCUT2D eigenvalue weighted by Gasteiger charge is 2.47. The van der Waals surface area contributed by atoms with Crippen LogP contribution in [0.25, 0.3) is 0 Å². The van der Waals surface area contributed by atoms with E-state index in [1.165, 1.54) is 37.7 Å². The lowest BCUT2D eigenvalue weighted by Gasteiger charge is -2.36. The lowest BCUT2D eigenvalue weighted by atomic mass is 9.88. The van der Waals surface area contributed by atoms with Gasteiger partial charge in [0, 0.05) is 30.1 Å². The van der Waals surface area contributed by atoms with Gasteiger partial charge >= 0.3 is 6.03 Å². The summed E-state index contributed by atoms with van der Waals surface area (Å²) < 4.78 is 0. The van der Waals surface area contributed by atoms with Gasteiger partial charge in [-0.2, -0.15) is 0 Å². The largest absolute Gasteiger partial charge is 0.365 e. The van der Waals surface area contributed by atoms with Crippen LogP contribution in [0.15, 0.2) is 40.8 Å². The number of amides is 2. The Morgan fingerprint density at radius 1 is 1.17 bits per heavy atom. The molecule has 2 atom stereocenters. The molecule has 1 aliphatic carbocycles. The van der Waals surface area contributed by atoms with Crippen LogP contribution in [0.2, 0.25) is 5.02 Å². The maximum absolute atomic E-state index is 13.3. The third-order valence-electron chi connectivity index (χ3n) is 6.67. The van der Waals surface area contributed by atoms with Gasteiger partial charge in [-0.15, -0.1) is 0 Å². The van der Waals surface area contributed by atoms with Crippen molar-refractivity contribution in [1.82, 2.24) is 20.4 Å². The molecule has 0 radical (unpaired) electrons. The first-order valence-corrected chi connectivity index (χ1v) is 11.7. The number of nitrogens with zero attached hydrogens (tertiary/aromatic N) is 3. The summed E-state index contributed by atoms with van der Waals surface area (Å²) in [5.74, 6) is 2.50. The fourth-order valence-electron chi connectivity index (χ4n) is 5.19. The summed E-state index contributed by atoms with van der Waals surface area (Å²) in [4.78, 5) is 22.2. The summed E-state index contributed by atoms with van der Waals surface area (Å²) in [6.45, 7) is 3.52. The highest BCUT2D eigenvalue weighted by molar-refractivity contribution is 6.30. The zero-order valence-corrected chi connectivity index (χ0v) is 18.3. The van der Waals surface area contributed by atoms with Crippen molar-refractivity contribution in [2.75, 3.05) is 13.1 Å². The molecule has 3 heterocycles. The van der Waals surface area contributed by atoms with Crippen LogP contribution in [0.3, 0.4) is 0 Å². The Bertz CT molecular complexity index is 874. The zero-order chi connectivity index (χ0) is 20.7. The van der Waals surface area contributed by atoms with Crippen molar-refractivity contribution in [3.05, 3.63) is 46.4 Å². The number of amidine groups is 1. The summed E-state index contributed by atoms with van der Waals surface area (Å²) in [5, 5.41) is 8.03. The number of hydrogen-bond donors (Lipinski definition) is 2. The van der Waals surface area contributed by atoms with E-state index < -0.39 is 0 Å². The molecular formula is C23H30ClN5O. The van der Waals surface area contributed by atoms with Crippen molar-refractivity contribution >= 4 is 23.5 Å². The van der Waals surface area contributed by atoms with Crippen LogP contribution >= 0.6 is 11.6 Å². The number of urea groups is 1. The van der Waals surface area contributed by atoms with Crippen LogP contribution in [-0.4, -0.2) is 47.0 Å². The van der Waals surface area contributed by atoms with Crippen LogP contribution in [0.4, 0.5) is 4.79 Å². The van der Waals surface area contributed by atoms with Crippen molar-refractivity contribution in [3.63, 3.8) is 0 Å². The van der Waals surface area contributed by atoms with E-state index in [9.17, 15) is 4.79 Å². The first-order valence-electron chi connectivity index (χ1n) is 11.3. The molecule has 6 nitrogen and oxygen atoms in total. The predicted octanol–water partition coefficient (Wildman–Crippen LogP) is 4.08. The number of carbonyl (C=O) groups is 1. The van der Waals surface area contributed by atoms with E-state index >= 15 is 0 Å². The van der Waals surface area contributed by atoms with Gasteiger partial charge in [-0.3, -0.25) is 9.80 Å². The quantitative estimate of drug-likeness (QED) is 0.744. The molecule has 0 spiro atoms. The SMILES string of the molecule is CCCN1C(=O)N2CC(Cc3ccc(Cl)cc3)NC2=C2NC(C3CCCCC3)=NC21. The molecule has 1 saturated heterocycles. The highest BCUT2D eigenvalue weighted by Crippen LogP contribution is 2.34. The standard InChI is InChI=1S/C23H30ClN5O/c1-2-12-28-22-19(26-20(27-22)16-6-4-3-5-7-16)21-25-18(14-29(21)23(28)30)13-15-8-10-17(24)11-9-15/h8-11,16,18,22,25H,2-7,12-14H2,1H3,(H,26,27). The van der Waals surface area contributed by atoms with Gasteiger partial charge in [0.1, 0.15) is 17.4 Å². The minimum Gasteiger partial charge on any atom is -0.365 e. The van der Waals surface area contributed by atoms with Gasteiger partial charge in [-0.05, 0) is 43.4 Å². The minimum absolute atomic E-state index is 0.0714. The van der Waals surface area contributed by atoms with Gasteiger partial charge in [-0.25, -0.2) is 9.79 Å². The molecule has 1 saturated carbocycles. The topological polar surface area (TPSA) is 60.0 Å². The average Bonchev–Trinajstić information content (AvgIpc) is 3.38. The molecular weight excluding hydrogens is 398 g/mol. The van der Waals surface area contributed by atoms with E-state index in [1.807, 2.05) is 21.9 Å². The Morgan fingerprint density at radius 2 is 1.93 bits per heavy atom. The number of nitrogens with one attached hydrogen (secondary N) is 2. The van der Waals surface area contributed by atoms with E-state index in [4.69, 9.17) is 16.6 Å². The maximum atomic E-state index is 13.3. The van der Waals surface area contributed by atoms with Gasteiger partial charge in [0.25, 0.3) is 0 Å². The second-order valence-electron chi connectivity index (χ2n) is 8.87. The summed E-state index contributed by atoms with van der Waals surface area (Å²) in [6.07, 6.45) is 7.82. The molecule has 1 aromatic carbocycles. The Hall–Kier alpha value is -2.21. The number of fused-ring (bicyclic) bond motifs is 2. The molecule has 30 heavy (non-hydrogen) atoms. The van der Waals surface area contributed by atoms with E-state index in [2.05, 4.69) is 29.7 Å². The van der Waals surface area contributed by atoms with Crippen molar-refractivity contribution in [2.45, 2.75) is 64.1 Å². The summed E-state index contributed by atoms with van der Waals surface area (Å²) in [6, 6.07) is 8.22. The first kappa shape index (κ1) is 19.7. The third-order valence-corrected chi connectivity index (χ3v) is 6.93. The van der Waals surface area contributed by atoms with Crippen molar-refractivity contribution in [2.24, 2.45) is 10.9 Å². The summed E-state index contributed by atoms with van der Waals surface area (Å²) >= 11 is 6.03. The highest BCUT2D eigenvalue weighted by atomic mass is 35.5. The molecule has 4 aliphatic rings. The number of halogens is 1. The number of rotatable bonds is 5. The molecule has 5 rings (SSSR count). The zero-order valence-electron chi connectivity index (χ0n) is 17.5. The first-order chi connectivity index (χ1) is 14.6. The summed E-state index contributed by atoms with van der Waals surface area (Å²) in [7, 11) is 0. The van der Waals surface area contributed by atoms with Crippen LogP contribution in [0.1, 0.15) is 51.0 Å². The van der Waals surface area contributed by atoms with Crippen molar-refractivity contribution in [1.29, 1.82) is 0 Å². The number of hydrogen-bond acceptors (Lipinski definition) is 4. The van der Waals surface area contributed by atoms with Gasteiger partial charge in [0.2, 0.25) is 0 Å². The Kier molecular flexibility index (Phi) is 5.35. The van der Waals surface area contributed by atoms with Crippen LogP contribution in [0.5, 0.6) is 0 Å². The van der Waals surface area contributed by atoms with E-state index in [0.717, 1.165) is 41.8 Å². The van der Waals surface area contributed by atoms with Gasteiger partial charge in [0.05, 0.1) is 0 Å². The molecule has 2 unspecified atom stereocenters. The van der Waals surface area contributed by atoms with Gasteiger partial charge in [0.15, 0.2) is 6.17 Å². The van der Waals surface area contributed by atoms with Crippen LogP contribution in [0, 0.1) is 5.92 Å². The third kappa shape index (κ3) is 3.55. The van der Waals surface area contributed by atoms with Crippen molar-refractivity contribution in [3.8, 4) is 0 Å². The molecule has 0 aromatic heterocycles. The lowest BCUT2D eigenvalue weighted by Crippen LogP contribution is -2.53. The molecule has 2 N–H and O–H groups in total. The van der Waals surface area contributed by atoms with E-state index in [-0.39, 0.29) is 18.2 Å². The average molecular weight is 428 g/mol. The second kappa shape index (κ2) is 8.14. The Labute approximate surface area is 183 Å². The predicted molar refractivity (Wildman–Crippen MR) is 119 cm³/mol. The fourth-order valence-corrected chi connectivity index (χ4v) is 5.31. The smallest absolute Gasteiger partial charge is 0.327 e. The maximum Gasteiger partial charge on any atom is 0.327 e. The van der Waals surface area contributed by atoms with E-state index in [0.29, 0.717) is 12.5 Å².